The Bertz CT molecular complexity index is 859. The van der Waals surface area contributed by atoms with Gasteiger partial charge >= 0.3 is 0 Å². The van der Waals surface area contributed by atoms with E-state index in [-0.39, 0.29) is 17.2 Å². The minimum absolute atomic E-state index is 0.147. The van der Waals surface area contributed by atoms with Crippen molar-refractivity contribution < 1.29 is 23.8 Å². The maximum absolute atomic E-state index is 13.5. The molecule has 0 saturated carbocycles. The van der Waals surface area contributed by atoms with Crippen LogP contribution in [0.25, 0.3) is 0 Å². The number of thioether (sulfide) groups is 1. The lowest BCUT2D eigenvalue weighted by molar-refractivity contribution is -0.124. The van der Waals surface area contributed by atoms with Gasteiger partial charge in [-0.15, -0.1) is 23.1 Å². The van der Waals surface area contributed by atoms with E-state index >= 15 is 0 Å². The van der Waals surface area contributed by atoms with Crippen molar-refractivity contribution in [3.05, 3.63) is 46.2 Å². The number of amides is 2. The maximum atomic E-state index is 13.5. The van der Waals surface area contributed by atoms with Crippen LogP contribution in [0.4, 0.5) is 0 Å². The van der Waals surface area contributed by atoms with E-state index in [0.717, 1.165) is 11.3 Å². The minimum Gasteiger partial charge on any atom is -0.493 e. The standard InChI is InChI=1S/C21H26N2O5S2/c1-26-10-5-9-22-19(24)15-13-30-21(18-6-4-11-29-18)23(15)20(25)14-7-8-16(27-2)17(12-14)28-3/h4,6-8,11-12,15,21H,5,9-10,13H2,1-3H3,(H,22,24). The molecule has 2 atom stereocenters. The third-order valence-electron chi connectivity index (χ3n) is 4.78. The second-order valence-corrected chi connectivity index (χ2v) is 8.73. The first-order chi connectivity index (χ1) is 14.6. The van der Waals surface area contributed by atoms with Crippen molar-refractivity contribution in [2.24, 2.45) is 0 Å². The number of benzene rings is 1. The van der Waals surface area contributed by atoms with Crippen molar-refractivity contribution >= 4 is 34.9 Å². The predicted molar refractivity (Wildman–Crippen MR) is 119 cm³/mol. The molecule has 0 aliphatic carbocycles. The molecule has 1 aliphatic rings. The summed E-state index contributed by atoms with van der Waals surface area (Å²) >= 11 is 3.18. The molecule has 7 nitrogen and oxygen atoms in total. The number of hydrogen-bond donors (Lipinski definition) is 1. The van der Waals surface area contributed by atoms with Gasteiger partial charge in [-0.1, -0.05) is 6.07 Å². The molecule has 0 radical (unpaired) electrons. The van der Waals surface area contributed by atoms with Crippen LogP contribution in [0.1, 0.15) is 27.0 Å². The lowest BCUT2D eigenvalue weighted by atomic mass is 10.1. The topological polar surface area (TPSA) is 77.1 Å². The Morgan fingerprint density at radius 1 is 1.17 bits per heavy atom. The van der Waals surface area contributed by atoms with Crippen LogP contribution >= 0.6 is 23.1 Å². The van der Waals surface area contributed by atoms with E-state index in [0.29, 0.717) is 36.0 Å². The third kappa shape index (κ3) is 4.91. The molecular formula is C21H26N2O5S2. The Kier molecular flexibility index (Phi) is 8.01. The van der Waals surface area contributed by atoms with Gasteiger partial charge in [0.1, 0.15) is 11.4 Å². The zero-order chi connectivity index (χ0) is 21.5. The van der Waals surface area contributed by atoms with Crippen molar-refractivity contribution in [3.63, 3.8) is 0 Å². The molecule has 1 aromatic heterocycles. The molecule has 9 heteroatoms. The van der Waals surface area contributed by atoms with Crippen molar-refractivity contribution in [2.75, 3.05) is 40.2 Å². The number of rotatable bonds is 9. The molecule has 1 aromatic carbocycles. The molecule has 2 heterocycles. The summed E-state index contributed by atoms with van der Waals surface area (Å²) in [5.74, 6) is 1.20. The quantitative estimate of drug-likeness (QED) is 0.592. The highest BCUT2D eigenvalue weighted by atomic mass is 32.2. The molecule has 1 aliphatic heterocycles. The third-order valence-corrected chi connectivity index (χ3v) is 7.16. The highest BCUT2D eigenvalue weighted by molar-refractivity contribution is 7.99. The first kappa shape index (κ1) is 22.5. The van der Waals surface area contributed by atoms with Crippen LogP contribution in [0.15, 0.2) is 35.7 Å². The van der Waals surface area contributed by atoms with E-state index in [4.69, 9.17) is 14.2 Å². The average Bonchev–Trinajstić information content (AvgIpc) is 3.45. The minimum atomic E-state index is -0.551. The highest BCUT2D eigenvalue weighted by Crippen LogP contribution is 2.44. The summed E-state index contributed by atoms with van der Waals surface area (Å²) in [4.78, 5) is 29.2. The number of nitrogens with zero attached hydrogens (tertiary/aromatic N) is 1. The molecule has 2 amide bonds. The van der Waals surface area contributed by atoms with Gasteiger partial charge in [0.25, 0.3) is 5.91 Å². The van der Waals surface area contributed by atoms with Crippen molar-refractivity contribution in [1.29, 1.82) is 0 Å². The monoisotopic (exact) mass is 450 g/mol. The number of methoxy groups -OCH3 is 3. The van der Waals surface area contributed by atoms with Crippen LogP contribution in [-0.2, 0) is 9.53 Å². The second-order valence-electron chi connectivity index (χ2n) is 6.64. The zero-order valence-electron chi connectivity index (χ0n) is 17.3. The Balaban J connectivity index is 1.86. The van der Waals surface area contributed by atoms with Gasteiger partial charge in [0, 0.05) is 36.5 Å². The summed E-state index contributed by atoms with van der Waals surface area (Å²) in [6.07, 6.45) is 0.722. The largest absolute Gasteiger partial charge is 0.493 e. The molecule has 1 N–H and O–H groups in total. The van der Waals surface area contributed by atoms with Crippen LogP contribution < -0.4 is 14.8 Å². The Morgan fingerprint density at radius 3 is 2.63 bits per heavy atom. The van der Waals surface area contributed by atoms with Crippen LogP contribution in [-0.4, -0.2) is 63.0 Å². The SMILES string of the molecule is COCCCNC(=O)C1CSC(c2cccs2)N1C(=O)c1ccc(OC)c(OC)c1. The van der Waals surface area contributed by atoms with Crippen LogP contribution in [0, 0.1) is 0 Å². The number of carbonyl (C=O) groups excluding carboxylic acids is 2. The zero-order valence-corrected chi connectivity index (χ0v) is 18.9. The lowest BCUT2D eigenvalue weighted by Gasteiger charge is -2.28. The summed E-state index contributed by atoms with van der Waals surface area (Å²) < 4.78 is 15.7. The van der Waals surface area contributed by atoms with E-state index < -0.39 is 6.04 Å². The number of thiophene rings is 1. The molecule has 1 fully saturated rings. The average molecular weight is 451 g/mol. The molecule has 3 rings (SSSR count). The number of ether oxygens (including phenoxy) is 3. The fraction of sp³-hybridized carbons (Fsp3) is 0.429. The Morgan fingerprint density at radius 2 is 1.97 bits per heavy atom. The van der Waals surface area contributed by atoms with Crippen molar-refractivity contribution in [1.82, 2.24) is 10.2 Å². The van der Waals surface area contributed by atoms with E-state index in [1.165, 1.54) is 7.11 Å². The Labute approximate surface area is 184 Å². The van der Waals surface area contributed by atoms with Gasteiger partial charge in [-0.2, -0.15) is 0 Å². The first-order valence-corrected chi connectivity index (χ1v) is 11.5. The molecule has 162 valence electrons. The summed E-state index contributed by atoms with van der Waals surface area (Å²) in [5, 5.41) is 4.71. The number of hydrogen-bond acceptors (Lipinski definition) is 7. The van der Waals surface area contributed by atoms with E-state index in [1.807, 2.05) is 17.5 Å². The van der Waals surface area contributed by atoms with Gasteiger partial charge < -0.3 is 24.4 Å². The van der Waals surface area contributed by atoms with E-state index in [2.05, 4.69) is 5.32 Å². The van der Waals surface area contributed by atoms with Crippen LogP contribution in [0.5, 0.6) is 11.5 Å². The molecule has 30 heavy (non-hydrogen) atoms. The summed E-state index contributed by atoms with van der Waals surface area (Å²) in [5.41, 5.74) is 0.453. The molecule has 0 bridgehead atoms. The van der Waals surface area contributed by atoms with Crippen molar-refractivity contribution in [3.8, 4) is 11.5 Å². The molecular weight excluding hydrogens is 424 g/mol. The van der Waals surface area contributed by atoms with Crippen molar-refractivity contribution in [2.45, 2.75) is 17.8 Å². The predicted octanol–water partition coefficient (Wildman–Crippen LogP) is 3.17. The van der Waals surface area contributed by atoms with Gasteiger partial charge in [-0.05, 0) is 36.1 Å². The lowest BCUT2D eigenvalue weighted by Crippen LogP contribution is -2.48. The molecule has 2 aromatic rings. The van der Waals surface area contributed by atoms with Gasteiger partial charge in [-0.25, -0.2) is 0 Å². The van der Waals surface area contributed by atoms with Gasteiger partial charge in [-0.3, -0.25) is 9.59 Å². The summed E-state index contributed by atoms with van der Waals surface area (Å²) in [6.45, 7) is 1.09. The first-order valence-electron chi connectivity index (χ1n) is 9.57. The van der Waals surface area contributed by atoms with Crippen LogP contribution in [0.3, 0.4) is 0 Å². The molecule has 0 spiro atoms. The smallest absolute Gasteiger partial charge is 0.255 e. The second kappa shape index (κ2) is 10.7. The normalized spacial score (nSPS) is 18.3. The fourth-order valence-corrected chi connectivity index (χ4v) is 5.67. The summed E-state index contributed by atoms with van der Waals surface area (Å²) in [7, 11) is 4.71. The number of nitrogens with one attached hydrogen (secondary N) is 1. The Hall–Kier alpha value is -2.23. The molecule has 1 saturated heterocycles. The highest BCUT2D eigenvalue weighted by Gasteiger charge is 2.43. The fourth-order valence-electron chi connectivity index (χ4n) is 3.27. The van der Waals surface area contributed by atoms with E-state index in [9.17, 15) is 9.59 Å². The van der Waals surface area contributed by atoms with Gasteiger partial charge in [0.05, 0.1) is 14.2 Å². The molecule has 2 unspecified atom stereocenters. The van der Waals surface area contributed by atoms with E-state index in [1.54, 1.807) is 60.4 Å². The van der Waals surface area contributed by atoms with Gasteiger partial charge in [0.2, 0.25) is 5.91 Å². The maximum Gasteiger partial charge on any atom is 0.255 e. The number of carbonyl (C=O) groups is 2. The summed E-state index contributed by atoms with van der Waals surface area (Å²) in [6, 6.07) is 8.46. The van der Waals surface area contributed by atoms with Gasteiger partial charge in [0.15, 0.2) is 11.5 Å². The van der Waals surface area contributed by atoms with Crippen LogP contribution in [0.2, 0.25) is 0 Å².